The molecule has 0 spiro atoms. The van der Waals surface area contributed by atoms with Crippen LogP contribution in [-0.4, -0.2) is 24.6 Å². The number of hydrogen-bond donors (Lipinski definition) is 0. The Bertz CT molecular complexity index is 440. The lowest BCUT2D eigenvalue weighted by atomic mass is 10.3. The molecule has 0 radical (unpaired) electrons. The van der Waals surface area contributed by atoms with Crippen LogP contribution < -0.4 is 4.74 Å². The summed E-state index contributed by atoms with van der Waals surface area (Å²) in [5.74, 6) is -0.611. The molecular weight excluding hydrogens is 273 g/mol. The average Bonchev–Trinajstić information content (AvgIpc) is 2.27. The molecule has 0 fully saturated rings. The van der Waals surface area contributed by atoms with Gasteiger partial charge < -0.3 is 9.47 Å². The normalized spacial score (nSPS) is 9.82. The smallest absolute Gasteiger partial charge is 0.343 e. The Morgan fingerprint density at radius 2 is 1.94 bits per heavy atom. The lowest BCUT2D eigenvalue weighted by Crippen LogP contribution is -2.13. The maximum atomic E-state index is 10.8. The first-order valence-electron chi connectivity index (χ1n) is 4.28. The van der Waals surface area contributed by atoms with Gasteiger partial charge in [-0.1, -0.05) is 23.2 Å². The maximum absolute atomic E-state index is 10.8. The number of benzene rings is 1. The quantitative estimate of drug-likeness (QED) is 0.481. The van der Waals surface area contributed by atoms with Crippen molar-refractivity contribution in [3.8, 4) is 5.75 Å². The van der Waals surface area contributed by atoms with Crippen LogP contribution in [-0.2, 0) is 9.53 Å². The first-order chi connectivity index (χ1) is 7.95. The van der Waals surface area contributed by atoms with E-state index in [0.717, 1.165) is 12.1 Å². The third-order valence-electron chi connectivity index (χ3n) is 1.76. The number of esters is 1. The van der Waals surface area contributed by atoms with Crippen molar-refractivity contribution in [3.05, 3.63) is 32.3 Å². The van der Waals surface area contributed by atoms with Crippen molar-refractivity contribution in [2.24, 2.45) is 0 Å². The summed E-state index contributed by atoms with van der Waals surface area (Å²) in [7, 11) is 1.20. The van der Waals surface area contributed by atoms with Crippen molar-refractivity contribution in [2.45, 2.75) is 0 Å². The second kappa shape index (κ2) is 5.70. The van der Waals surface area contributed by atoms with Crippen LogP contribution in [0.1, 0.15) is 0 Å². The Morgan fingerprint density at radius 1 is 1.41 bits per heavy atom. The molecule has 92 valence electrons. The topological polar surface area (TPSA) is 78.7 Å². The minimum absolute atomic E-state index is 0.00401. The molecule has 1 aromatic carbocycles. The first-order valence-corrected chi connectivity index (χ1v) is 5.04. The van der Waals surface area contributed by atoms with Crippen LogP contribution in [0.25, 0.3) is 0 Å². The third kappa shape index (κ3) is 3.47. The van der Waals surface area contributed by atoms with Crippen molar-refractivity contribution in [1.29, 1.82) is 0 Å². The lowest BCUT2D eigenvalue weighted by Gasteiger charge is -2.08. The fraction of sp³-hybridized carbons (Fsp3) is 0.222. The Balaban J connectivity index is 2.94. The lowest BCUT2D eigenvalue weighted by molar-refractivity contribution is -0.384. The van der Waals surface area contributed by atoms with Gasteiger partial charge in [-0.25, -0.2) is 4.79 Å². The molecule has 17 heavy (non-hydrogen) atoms. The molecule has 1 rings (SSSR count). The minimum atomic E-state index is -0.637. The molecule has 0 unspecified atom stereocenters. The van der Waals surface area contributed by atoms with Crippen LogP contribution in [0.15, 0.2) is 12.1 Å². The summed E-state index contributed by atoms with van der Waals surface area (Å²) in [6, 6.07) is 2.17. The highest BCUT2D eigenvalue weighted by Gasteiger charge is 2.16. The number of nitrogens with zero attached hydrogens (tertiary/aromatic N) is 1. The van der Waals surface area contributed by atoms with E-state index in [2.05, 4.69) is 4.74 Å². The molecule has 1 aromatic rings. The van der Waals surface area contributed by atoms with E-state index in [0.29, 0.717) is 0 Å². The Morgan fingerprint density at radius 3 is 2.35 bits per heavy atom. The molecule has 0 aliphatic carbocycles. The van der Waals surface area contributed by atoms with E-state index in [1.165, 1.54) is 7.11 Å². The van der Waals surface area contributed by atoms with Gasteiger partial charge in [0.1, 0.15) is 0 Å². The standard InChI is InChI=1S/C9H7Cl2NO5/c1-16-8(13)4-17-9-6(10)2-5(12(14)15)3-7(9)11/h2-3H,4H2,1H3. The maximum Gasteiger partial charge on any atom is 0.343 e. The van der Waals surface area contributed by atoms with Crippen LogP contribution in [0, 0.1) is 10.1 Å². The molecule has 0 amide bonds. The summed E-state index contributed by atoms with van der Waals surface area (Å²) < 4.78 is 9.35. The Kier molecular flexibility index (Phi) is 4.53. The molecule has 6 nitrogen and oxygen atoms in total. The van der Waals surface area contributed by atoms with Gasteiger partial charge in [-0.3, -0.25) is 10.1 Å². The predicted octanol–water partition coefficient (Wildman–Crippen LogP) is 2.45. The number of nitro groups is 1. The summed E-state index contributed by atoms with van der Waals surface area (Å²) in [5.41, 5.74) is -0.259. The molecule has 0 N–H and O–H groups in total. The number of nitro benzene ring substituents is 1. The molecule has 0 saturated heterocycles. The van der Waals surface area contributed by atoms with Crippen molar-refractivity contribution in [3.63, 3.8) is 0 Å². The monoisotopic (exact) mass is 279 g/mol. The van der Waals surface area contributed by atoms with E-state index in [4.69, 9.17) is 27.9 Å². The zero-order valence-corrected chi connectivity index (χ0v) is 10.1. The molecule has 0 atom stereocenters. The number of non-ortho nitro benzene ring substituents is 1. The first kappa shape index (κ1) is 13.5. The number of halogens is 2. The number of hydrogen-bond acceptors (Lipinski definition) is 5. The van der Waals surface area contributed by atoms with Gasteiger partial charge in [-0.15, -0.1) is 0 Å². The van der Waals surface area contributed by atoms with Gasteiger partial charge in [0.25, 0.3) is 5.69 Å². The second-order valence-electron chi connectivity index (χ2n) is 2.86. The minimum Gasteiger partial charge on any atom is -0.479 e. The van der Waals surface area contributed by atoms with Crippen molar-refractivity contribution in [1.82, 2.24) is 0 Å². The second-order valence-corrected chi connectivity index (χ2v) is 3.67. The van der Waals surface area contributed by atoms with Gasteiger partial charge >= 0.3 is 5.97 Å². The fourth-order valence-electron chi connectivity index (χ4n) is 0.980. The highest BCUT2D eigenvalue weighted by atomic mass is 35.5. The highest BCUT2D eigenvalue weighted by molar-refractivity contribution is 6.37. The van der Waals surface area contributed by atoms with Crippen molar-refractivity contribution >= 4 is 34.9 Å². The zero-order chi connectivity index (χ0) is 13.0. The van der Waals surface area contributed by atoms with Crippen molar-refractivity contribution < 1.29 is 19.2 Å². The van der Waals surface area contributed by atoms with Gasteiger partial charge in [-0.05, 0) is 0 Å². The summed E-state index contributed by atoms with van der Waals surface area (Å²) in [4.78, 5) is 20.7. The largest absolute Gasteiger partial charge is 0.479 e. The summed E-state index contributed by atoms with van der Waals surface area (Å²) in [6.07, 6.45) is 0. The number of ether oxygens (including phenoxy) is 2. The van der Waals surface area contributed by atoms with Crippen molar-refractivity contribution in [2.75, 3.05) is 13.7 Å². The van der Waals surface area contributed by atoms with E-state index < -0.39 is 10.9 Å². The van der Waals surface area contributed by atoms with Crippen LogP contribution in [0.2, 0.25) is 10.0 Å². The van der Waals surface area contributed by atoms with Gasteiger partial charge in [0.05, 0.1) is 22.1 Å². The molecule has 0 aliphatic heterocycles. The van der Waals surface area contributed by atoms with Gasteiger partial charge in [0.2, 0.25) is 0 Å². The average molecular weight is 280 g/mol. The van der Waals surface area contributed by atoms with Gasteiger partial charge in [0, 0.05) is 12.1 Å². The van der Waals surface area contributed by atoms with E-state index in [1.807, 2.05) is 0 Å². The molecule has 0 bridgehead atoms. The molecule has 0 aliphatic rings. The highest BCUT2D eigenvalue weighted by Crippen LogP contribution is 2.36. The Labute approximate surface area is 106 Å². The molecule has 8 heteroatoms. The number of methoxy groups -OCH3 is 1. The summed E-state index contributed by atoms with van der Waals surface area (Å²) in [5, 5.41) is 10.4. The third-order valence-corrected chi connectivity index (χ3v) is 2.32. The SMILES string of the molecule is COC(=O)COc1c(Cl)cc([N+](=O)[O-])cc1Cl. The van der Waals surface area contributed by atoms with E-state index in [9.17, 15) is 14.9 Å². The van der Waals surface area contributed by atoms with Crippen LogP contribution in [0.3, 0.4) is 0 Å². The number of carbonyl (C=O) groups excluding carboxylic acids is 1. The van der Waals surface area contributed by atoms with Gasteiger partial charge in [-0.2, -0.15) is 0 Å². The van der Waals surface area contributed by atoms with Crippen LogP contribution in [0.4, 0.5) is 5.69 Å². The van der Waals surface area contributed by atoms with E-state index in [-0.39, 0.29) is 28.1 Å². The molecule has 0 heterocycles. The van der Waals surface area contributed by atoms with E-state index >= 15 is 0 Å². The molecule has 0 saturated carbocycles. The van der Waals surface area contributed by atoms with Crippen LogP contribution in [0.5, 0.6) is 5.75 Å². The summed E-state index contributed by atoms with van der Waals surface area (Å²) in [6.45, 7) is -0.381. The van der Waals surface area contributed by atoms with E-state index in [1.54, 1.807) is 0 Å². The van der Waals surface area contributed by atoms with Gasteiger partial charge in [0.15, 0.2) is 12.4 Å². The predicted molar refractivity (Wildman–Crippen MR) is 60.6 cm³/mol. The van der Waals surface area contributed by atoms with Crippen LogP contribution >= 0.6 is 23.2 Å². The number of carbonyl (C=O) groups is 1. The summed E-state index contributed by atoms with van der Waals surface area (Å²) >= 11 is 11.5. The Hall–Kier alpha value is -1.53. The molecule has 0 aromatic heterocycles. The zero-order valence-electron chi connectivity index (χ0n) is 8.61. The number of rotatable bonds is 4. The fourth-order valence-corrected chi connectivity index (χ4v) is 1.56. The molecular formula is C9H7Cl2NO5.